The van der Waals surface area contributed by atoms with Crippen molar-refractivity contribution in [1.82, 2.24) is 0 Å². The molecule has 0 aromatic heterocycles. The van der Waals surface area contributed by atoms with Crippen LogP contribution in [0.15, 0.2) is 42.5 Å². The van der Waals surface area contributed by atoms with E-state index in [0.29, 0.717) is 28.5 Å². The zero-order valence-electron chi connectivity index (χ0n) is 11.2. The maximum absolute atomic E-state index is 7.41. The monoisotopic (exact) mass is 302 g/mol. The van der Waals surface area contributed by atoms with E-state index in [-0.39, 0.29) is 11.7 Å². The molecule has 0 fully saturated rings. The summed E-state index contributed by atoms with van der Waals surface area (Å²) in [5.41, 5.74) is 12.9. The van der Waals surface area contributed by atoms with Crippen molar-refractivity contribution in [1.29, 1.82) is 10.8 Å². The fourth-order valence-electron chi connectivity index (χ4n) is 1.78. The molecule has 2 aromatic rings. The van der Waals surface area contributed by atoms with Crippen LogP contribution in [-0.4, -0.2) is 11.7 Å². The lowest BCUT2D eigenvalue weighted by Crippen LogP contribution is -2.11. The van der Waals surface area contributed by atoms with Gasteiger partial charge in [0.15, 0.2) is 0 Å². The van der Waals surface area contributed by atoms with Crippen molar-refractivity contribution in [2.24, 2.45) is 11.5 Å². The summed E-state index contributed by atoms with van der Waals surface area (Å²) < 4.78 is 5.64. The van der Waals surface area contributed by atoms with Crippen molar-refractivity contribution in [2.75, 3.05) is 0 Å². The van der Waals surface area contributed by atoms with Gasteiger partial charge in [0, 0.05) is 11.1 Å². The number of amidine groups is 2. The number of ether oxygens (including phenoxy) is 1. The van der Waals surface area contributed by atoms with E-state index in [4.69, 9.17) is 38.6 Å². The first-order valence-electron chi connectivity index (χ1n) is 6.17. The lowest BCUT2D eigenvalue weighted by atomic mass is 10.1. The minimum absolute atomic E-state index is 0.0145. The van der Waals surface area contributed by atoms with Crippen LogP contribution in [0.1, 0.15) is 16.7 Å². The third-order valence-corrected chi connectivity index (χ3v) is 3.17. The molecule has 6 heteroatoms. The van der Waals surface area contributed by atoms with Gasteiger partial charge in [0.2, 0.25) is 0 Å². The number of halogens is 1. The molecule has 0 atom stereocenters. The van der Waals surface area contributed by atoms with Gasteiger partial charge < -0.3 is 16.2 Å². The molecule has 0 unspecified atom stereocenters. The van der Waals surface area contributed by atoms with Gasteiger partial charge in [-0.1, -0.05) is 29.8 Å². The van der Waals surface area contributed by atoms with Gasteiger partial charge in [0.05, 0.1) is 5.02 Å². The topological polar surface area (TPSA) is 109 Å². The van der Waals surface area contributed by atoms with E-state index < -0.39 is 0 Å². The predicted octanol–water partition coefficient (Wildman–Crippen LogP) is 2.49. The van der Waals surface area contributed by atoms with Gasteiger partial charge in [-0.15, -0.1) is 0 Å². The van der Waals surface area contributed by atoms with Gasteiger partial charge in [-0.25, -0.2) is 0 Å². The number of nitrogens with one attached hydrogen (secondary N) is 2. The molecule has 0 spiro atoms. The molecule has 21 heavy (non-hydrogen) atoms. The summed E-state index contributed by atoms with van der Waals surface area (Å²) in [4.78, 5) is 0. The lowest BCUT2D eigenvalue weighted by molar-refractivity contribution is 0.306. The summed E-state index contributed by atoms with van der Waals surface area (Å²) in [6.45, 7) is 0.306. The second kappa shape index (κ2) is 6.28. The highest BCUT2D eigenvalue weighted by Crippen LogP contribution is 2.26. The summed E-state index contributed by atoms with van der Waals surface area (Å²) in [5, 5.41) is 15.2. The minimum atomic E-state index is -0.0439. The lowest BCUT2D eigenvalue weighted by Gasteiger charge is -2.10. The van der Waals surface area contributed by atoms with Crippen LogP contribution in [0.4, 0.5) is 0 Å². The minimum Gasteiger partial charge on any atom is -0.487 e. The molecular formula is C15H15ClN4O. The molecule has 108 valence electrons. The maximum atomic E-state index is 7.41. The normalized spacial score (nSPS) is 10.1. The largest absolute Gasteiger partial charge is 0.487 e. The predicted molar refractivity (Wildman–Crippen MR) is 84.3 cm³/mol. The molecule has 0 heterocycles. The molecule has 0 saturated carbocycles. The molecule has 2 aromatic carbocycles. The first-order chi connectivity index (χ1) is 9.97. The zero-order chi connectivity index (χ0) is 15.4. The molecule has 0 aliphatic rings. The fourth-order valence-corrected chi connectivity index (χ4v) is 2.01. The smallest absolute Gasteiger partial charge is 0.138 e. The van der Waals surface area contributed by atoms with Crippen molar-refractivity contribution in [3.8, 4) is 5.75 Å². The van der Waals surface area contributed by atoms with Crippen LogP contribution >= 0.6 is 11.6 Å². The quantitative estimate of drug-likeness (QED) is 0.503. The zero-order valence-corrected chi connectivity index (χ0v) is 11.9. The molecule has 5 nitrogen and oxygen atoms in total. The Hall–Kier alpha value is -2.53. The summed E-state index contributed by atoms with van der Waals surface area (Å²) >= 11 is 6.09. The van der Waals surface area contributed by atoms with Crippen LogP contribution < -0.4 is 16.2 Å². The van der Waals surface area contributed by atoms with Crippen LogP contribution in [0.3, 0.4) is 0 Å². The Morgan fingerprint density at radius 1 is 1.00 bits per heavy atom. The van der Waals surface area contributed by atoms with Crippen LogP contribution in [0.2, 0.25) is 5.02 Å². The Balaban J connectivity index is 2.11. The van der Waals surface area contributed by atoms with Gasteiger partial charge in [-0.3, -0.25) is 10.8 Å². The molecule has 0 radical (unpaired) electrons. The Bertz CT molecular complexity index is 700. The highest BCUT2D eigenvalue weighted by atomic mass is 35.5. The van der Waals surface area contributed by atoms with E-state index in [9.17, 15) is 0 Å². The molecule has 2 rings (SSSR count). The summed E-state index contributed by atoms with van der Waals surface area (Å²) in [5.74, 6) is 0.480. The molecule has 0 aliphatic carbocycles. The second-order valence-electron chi connectivity index (χ2n) is 4.46. The van der Waals surface area contributed by atoms with E-state index in [2.05, 4.69) is 0 Å². The third kappa shape index (κ3) is 3.73. The maximum Gasteiger partial charge on any atom is 0.138 e. The SMILES string of the molecule is N=C(N)c1cccc(COc2ccc(C(=N)N)cc2Cl)c1. The highest BCUT2D eigenvalue weighted by molar-refractivity contribution is 6.32. The summed E-state index contributed by atoms with van der Waals surface area (Å²) in [6, 6.07) is 12.2. The van der Waals surface area contributed by atoms with Crippen molar-refractivity contribution in [3.63, 3.8) is 0 Å². The highest BCUT2D eigenvalue weighted by Gasteiger charge is 2.06. The van der Waals surface area contributed by atoms with Crippen molar-refractivity contribution >= 4 is 23.3 Å². The second-order valence-corrected chi connectivity index (χ2v) is 4.87. The van der Waals surface area contributed by atoms with Gasteiger partial charge in [0.1, 0.15) is 24.0 Å². The molecular weight excluding hydrogens is 288 g/mol. The van der Waals surface area contributed by atoms with Gasteiger partial charge in [-0.2, -0.15) is 0 Å². The van der Waals surface area contributed by atoms with E-state index in [0.717, 1.165) is 5.56 Å². The summed E-state index contributed by atoms with van der Waals surface area (Å²) in [6.07, 6.45) is 0. The Morgan fingerprint density at radius 3 is 2.29 bits per heavy atom. The Kier molecular flexibility index (Phi) is 4.45. The molecule has 0 bridgehead atoms. The molecule has 6 N–H and O–H groups in total. The van der Waals surface area contributed by atoms with E-state index in [1.54, 1.807) is 30.3 Å². The molecule has 0 aliphatic heterocycles. The number of nitrogen functional groups attached to an aromatic ring is 2. The van der Waals surface area contributed by atoms with E-state index in [1.807, 2.05) is 12.1 Å². The Labute approximate surface area is 127 Å². The van der Waals surface area contributed by atoms with E-state index in [1.165, 1.54) is 0 Å². The fraction of sp³-hybridized carbons (Fsp3) is 0.0667. The number of hydrogen-bond acceptors (Lipinski definition) is 3. The van der Waals surface area contributed by atoms with Crippen LogP contribution in [-0.2, 0) is 6.61 Å². The summed E-state index contributed by atoms with van der Waals surface area (Å²) in [7, 11) is 0. The first kappa shape index (κ1) is 14.9. The first-order valence-corrected chi connectivity index (χ1v) is 6.55. The third-order valence-electron chi connectivity index (χ3n) is 2.88. The van der Waals surface area contributed by atoms with Gasteiger partial charge in [0.25, 0.3) is 0 Å². The van der Waals surface area contributed by atoms with Gasteiger partial charge in [-0.05, 0) is 29.8 Å². The van der Waals surface area contributed by atoms with Crippen molar-refractivity contribution in [2.45, 2.75) is 6.61 Å². The van der Waals surface area contributed by atoms with Crippen LogP contribution in [0, 0.1) is 10.8 Å². The molecule has 0 amide bonds. The van der Waals surface area contributed by atoms with Gasteiger partial charge >= 0.3 is 0 Å². The van der Waals surface area contributed by atoms with Crippen molar-refractivity contribution in [3.05, 3.63) is 64.2 Å². The standard InChI is InChI=1S/C15H15ClN4O/c16-12-7-11(15(19)20)4-5-13(12)21-8-9-2-1-3-10(6-9)14(17)18/h1-7H,8H2,(H3,17,18)(H3,19,20). The average molecular weight is 303 g/mol. The number of rotatable bonds is 5. The number of benzene rings is 2. The number of hydrogen-bond donors (Lipinski definition) is 4. The number of nitrogens with two attached hydrogens (primary N) is 2. The van der Waals surface area contributed by atoms with Crippen molar-refractivity contribution < 1.29 is 4.74 Å². The van der Waals surface area contributed by atoms with E-state index >= 15 is 0 Å². The average Bonchev–Trinajstić information content (AvgIpc) is 2.46. The van der Waals surface area contributed by atoms with Crippen LogP contribution in [0.25, 0.3) is 0 Å². The Morgan fingerprint density at radius 2 is 1.67 bits per heavy atom. The van der Waals surface area contributed by atoms with Crippen LogP contribution in [0.5, 0.6) is 5.75 Å². The molecule has 0 saturated heterocycles.